The molecule has 2 heterocycles. The zero-order chi connectivity index (χ0) is 11.2. The van der Waals surface area contributed by atoms with Crippen molar-refractivity contribution in [3.05, 3.63) is 33.8 Å². The lowest BCUT2D eigenvalue weighted by Crippen LogP contribution is -1.80. The van der Waals surface area contributed by atoms with E-state index in [0.717, 1.165) is 0 Å². The summed E-state index contributed by atoms with van der Waals surface area (Å²) in [5.41, 5.74) is 1.38. The molecule has 2 rings (SSSR count). The first kappa shape index (κ1) is 11.9. The Balaban J connectivity index is 1.88. The molecule has 0 N–H and O–H groups in total. The zero-order valence-electron chi connectivity index (χ0n) is 9.74. The van der Waals surface area contributed by atoms with Gasteiger partial charge >= 0.3 is 0 Å². The Labute approximate surface area is 106 Å². The van der Waals surface area contributed by atoms with Crippen molar-refractivity contribution in [2.45, 2.75) is 39.0 Å². The molecule has 0 saturated heterocycles. The third-order valence-electron chi connectivity index (χ3n) is 2.74. The SMILES string of the molecule is CCCCCCc1ccc(-c2ccsc2)s1. The number of hydrogen-bond donors (Lipinski definition) is 0. The number of thiophene rings is 2. The van der Waals surface area contributed by atoms with Crippen LogP contribution in [0.4, 0.5) is 0 Å². The number of hydrogen-bond acceptors (Lipinski definition) is 2. The van der Waals surface area contributed by atoms with Crippen molar-refractivity contribution in [3.8, 4) is 10.4 Å². The van der Waals surface area contributed by atoms with Gasteiger partial charge in [0.15, 0.2) is 0 Å². The van der Waals surface area contributed by atoms with Gasteiger partial charge in [-0.3, -0.25) is 0 Å². The highest BCUT2D eigenvalue weighted by Crippen LogP contribution is 2.30. The molecule has 0 fully saturated rings. The highest BCUT2D eigenvalue weighted by molar-refractivity contribution is 7.16. The predicted molar refractivity (Wildman–Crippen MR) is 75.5 cm³/mol. The molecule has 0 aromatic carbocycles. The summed E-state index contributed by atoms with van der Waals surface area (Å²) in [5, 5.41) is 4.38. The smallest absolute Gasteiger partial charge is 0.0353 e. The molecule has 0 nitrogen and oxygen atoms in total. The van der Waals surface area contributed by atoms with E-state index in [4.69, 9.17) is 0 Å². The minimum absolute atomic E-state index is 1.26. The first-order chi connectivity index (χ1) is 7.90. The number of aryl methyl sites for hydroxylation is 1. The van der Waals surface area contributed by atoms with Crippen LogP contribution in [0, 0.1) is 0 Å². The standard InChI is InChI=1S/C14H18S2/c1-2-3-4-5-6-13-7-8-14(16-13)12-9-10-15-11-12/h7-11H,2-6H2,1H3. The molecule has 0 aliphatic rings. The Morgan fingerprint density at radius 2 is 2.00 bits per heavy atom. The molecule has 0 atom stereocenters. The first-order valence-electron chi connectivity index (χ1n) is 6.01. The summed E-state index contributed by atoms with van der Waals surface area (Å²) in [6, 6.07) is 6.77. The van der Waals surface area contributed by atoms with Gasteiger partial charge in [-0.25, -0.2) is 0 Å². The van der Waals surface area contributed by atoms with Crippen molar-refractivity contribution in [1.82, 2.24) is 0 Å². The molecule has 0 saturated carbocycles. The van der Waals surface area contributed by atoms with E-state index >= 15 is 0 Å². The Bertz CT molecular complexity index is 398. The summed E-state index contributed by atoms with van der Waals surface area (Å²) >= 11 is 3.73. The van der Waals surface area contributed by atoms with Gasteiger partial charge in [-0.15, -0.1) is 11.3 Å². The molecule has 0 unspecified atom stereocenters. The van der Waals surface area contributed by atoms with E-state index in [0.29, 0.717) is 0 Å². The summed E-state index contributed by atoms with van der Waals surface area (Å²) in [4.78, 5) is 2.96. The monoisotopic (exact) mass is 250 g/mol. The van der Waals surface area contributed by atoms with E-state index in [-0.39, 0.29) is 0 Å². The maximum absolute atomic E-state index is 2.30. The van der Waals surface area contributed by atoms with Crippen molar-refractivity contribution < 1.29 is 0 Å². The fraction of sp³-hybridized carbons (Fsp3) is 0.429. The lowest BCUT2D eigenvalue weighted by atomic mass is 10.1. The van der Waals surface area contributed by atoms with Gasteiger partial charge in [0.1, 0.15) is 0 Å². The van der Waals surface area contributed by atoms with E-state index in [1.807, 2.05) is 11.3 Å². The molecule has 0 spiro atoms. The summed E-state index contributed by atoms with van der Waals surface area (Å²) in [7, 11) is 0. The minimum atomic E-state index is 1.26. The average Bonchev–Trinajstić information content (AvgIpc) is 2.94. The number of rotatable bonds is 6. The van der Waals surface area contributed by atoms with Crippen LogP contribution in [0.1, 0.15) is 37.5 Å². The maximum Gasteiger partial charge on any atom is 0.0353 e. The molecule has 2 aromatic heterocycles. The van der Waals surface area contributed by atoms with Crippen LogP contribution in [0.25, 0.3) is 10.4 Å². The molecule has 86 valence electrons. The summed E-state index contributed by atoms with van der Waals surface area (Å²) in [6.45, 7) is 2.26. The quantitative estimate of drug-likeness (QED) is 0.585. The van der Waals surface area contributed by atoms with Crippen LogP contribution < -0.4 is 0 Å². The molecule has 0 amide bonds. The second-order valence-electron chi connectivity index (χ2n) is 4.09. The molecule has 2 heteroatoms. The van der Waals surface area contributed by atoms with Gasteiger partial charge in [-0.1, -0.05) is 26.2 Å². The van der Waals surface area contributed by atoms with E-state index in [2.05, 4.69) is 35.9 Å². The lowest BCUT2D eigenvalue weighted by Gasteiger charge is -1.96. The Hall–Kier alpha value is -0.600. The van der Waals surface area contributed by atoms with E-state index in [1.54, 1.807) is 11.3 Å². The highest BCUT2D eigenvalue weighted by atomic mass is 32.1. The molecule has 0 radical (unpaired) electrons. The van der Waals surface area contributed by atoms with E-state index in [1.165, 1.54) is 47.4 Å². The highest BCUT2D eigenvalue weighted by Gasteiger charge is 2.02. The summed E-state index contributed by atoms with van der Waals surface area (Å²) in [5.74, 6) is 0. The largest absolute Gasteiger partial charge is 0.152 e. The zero-order valence-corrected chi connectivity index (χ0v) is 11.4. The summed E-state index contributed by atoms with van der Waals surface area (Å²) < 4.78 is 0. The third-order valence-corrected chi connectivity index (χ3v) is 4.62. The van der Waals surface area contributed by atoms with Gasteiger partial charge in [-0.2, -0.15) is 11.3 Å². The van der Waals surface area contributed by atoms with Crippen LogP contribution in [-0.4, -0.2) is 0 Å². The van der Waals surface area contributed by atoms with Crippen LogP contribution in [0.15, 0.2) is 29.0 Å². The van der Waals surface area contributed by atoms with Gasteiger partial charge in [0.05, 0.1) is 0 Å². The van der Waals surface area contributed by atoms with Crippen molar-refractivity contribution in [2.24, 2.45) is 0 Å². The molecule has 0 bridgehead atoms. The van der Waals surface area contributed by atoms with Crippen molar-refractivity contribution in [1.29, 1.82) is 0 Å². The Kier molecular flexibility index (Phi) is 4.61. The first-order valence-corrected chi connectivity index (χ1v) is 7.77. The average molecular weight is 250 g/mol. The molecule has 0 aliphatic carbocycles. The van der Waals surface area contributed by atoms with Gasteiger partial charge < -0.3 is 0 Å². The number of unbranched alkanes of at least 4 members (excludes halogenated alkanes) is 3. The Morgan fingerprint density at radius 3 is 2.75 bits per heavy atom. The second-order valence-corrected chi connectivity index (χ2v) is 6.04. The van der Waals surface area contributed by atoms with Crippen LogP contribution in [0.5, 0.6) is 0 Å². The van der Waals surface area contributed by atoms with Crippen LogP contribution in [-0.2, 0) is 6.42 Å². The molecule has 16 heavy (non-hydrogen) atoms. The normalized spacial score (nSPS) is 10.8. The van der Waals surface area contributed by atoms with Crippen molar-refractivity contribution in [2.75, 3.05) is 0 Å². The minimum Gasteiger partial charge on any atom is -0.152 e. The molecule has 2 aromatic rings. The molecule has 0 aliphatic heterocycles. The van der Waals surface area contributed by atoms with Gasteiger partial charge in [-0.05, 0) is 41.8 Å². The van der Waals surface area contributed by atoms with E-state index in [9.17, 15) is 0 Å². The fourth-order valence-corrected chi connectivity index (χ4v) is 3.57. The topological polar surface area (TPSA) is 0 Å². The predicted octanol–water partition coefficient (Wildman–Crippen LogP) is 5.60. The lowest BCUT2D eigenvalue weighted by molar-refractivity contribution is 0.670. The fourth-order valence-electron chi connectivity index (χ4n) is 1.80. The van der Waals surface area contributed by atoms with Gasteiger partial charge in [0, 0.05) is 15.3 Å². The Morgan fingerprint density at radius 1 is 1.06 bits per heavy atom. The van der Waals surface area contributed by atoms with E-state index < -0.39 is 0 Å². The summed E-state index contributed by atoms with van der Waals surface area (Å²) in [6.07, 6.45) is 6.68. The third kappa shape index (κ3) is 3.19. The van der Waals surface area contributed by atoms with Crippen LogP contribution in [0.2, 0.25) is 0 Å². The second kappa shape index (κ2) is 6.21. The maximum atomic E-state index is 2.30. The molecular weight excluding hydrogens is 232 g/mol. The van der Waals surface area contributed by atoms with Crippen LogP contribution >= 0.6 is 22.7 Å². The van der Waals surface area contributed by atoms with Crippen molar-refractivity contribution in [3.63, 3.8) is 0 Å². The molecular formula is C14H18S2. The van der Waals surface area contributed by atoms with Crippen LogP contribution in [0.3, 0.4) is 0 Å². The van der Waals surface area contributed by atoms with Gasteiger partial charge in [0.2, 0.25) is 0 Å². The van der Waals surface area contributed by atoms with Crippen molar-refractivity contribution >= 4 is 22.7 Å². The van der Waals surface area contributed by atoms with Gasteiger partial charge in [0.25, 0.3) is 0 Å².